The van der Waals surface area contributed by atoms with Gasteiger partial charge >= 0.3 is 0 Å². The summed E-state index contributed by atoms with van der Waals surface area (Å²) in [6, 6.07) is 9.18. The minimum absolute atomic E-state index is 0.456. The molecule has 2 nitrogen and oxygen atoms in total. The number of nitrogens with one attached hydrogen (secondary N) is 1. The van der Waals surface area contributed by atoms with Gasteiger partial charge in [0.1, 0.15) is 0 Å². The summed E-state index contributed by atoms with van der Waals surface area (Å²) in [7, 11) is 1.74. The predicted molar refractivity (Wildman–Crippen MR) is 70.0 cm³/mol. The fourth-order valence-electron chi connectivity index (χ4n) is 1.71. The first kappa shape index (κ1) is 13.0. The Morgan fingerprint density at radius 3 is 2.50 bits per heavy atom. The highest BCUT2D eigenvalue weighted by atomic mass is 16.5. The van der Waals surface area contributed by atoms with Crippen molar-refractivity contribution < 1.29 is 4.74 Å². The van der Waals surface area contributed by atoms with Gasteiger partial charge in [0.15, 0.2) is 0 Å². The summed E-state index contributed by atoms with van der Waals surface area (Å²) in [5, 5.41) is 3.47. The smallest absolute Gasteiger partial charge is 0.0481 e. The molecule has 0 heterocycles. The topological polar surface area (TPSA) is 21.3 Å². The van der Waals surface area contributed by atoms with Crippen LogP contribution in [0.1, 0.15) is 32.3 Å². The monoisotopic (exact) mass is 221 g/mol. The highest BCUT2D eigenvalue weighted by Crippen LogP contribution is 2.12. The maximum Gasteiger partial charge on any atom is 0.0481 e. The summed E-state index contributed by atoms with van der Waals surface area (Å²) < 4.78 is 5.06. The SMILES string of the molecule is CCCc1ccc(NC(C)CCOC)cc1. The normalized spacial score (nSPS) is 12.4. The first-order valence-electron chi connectivity index (χ1n) is 6.10. The molecule has 0 fully saturated rings. The van der Waals surface area contributed by atoms with Crippen molar-refractivity contribution in [2.75, 3.05) is 19.0 Å². The second-order valence-corrected chi connectivity index (χ2v) is 4.27. The molecular formula is C14H23NO. The molecule has 0 radical (unpaired) electrons. The Bertz CT molecular complexity index is 281. The molecule has 1 rings (SSSR count). The Balaban J connectivity index is 2.41. The van der Waals surface area contributed by atoms with Gasteiger partial charge in [0, 0.05) is 25.4 Å². The fraction of sp³-hybridized carbons (Fsp3) is 0.571. The van der Waals surface area contributed by atoms with E-state index in [-0.39, 0.29) is 0 Å². The van der Waals surface area contributed by atoms with Gasteiger partial charge in [-0.3, -0.25) is 0 Å². The molecule has 0 aliphatic carbocycles. The van der Waals surface area contributed by atoms with Crippen LogP contribution < -0.4 is 5.32 Å². The molecule has 1 aromatic rings. The van der Waals surface area contributed by atoms with Crippen LogP contribution >= 0.6 is 0 Å². The maximum absolute atomic E-state index is 5.06. The highest BCUT2D eigenvalue weighted by Gasteiger charge is 2.01. The molecule has 16 heavy (non-hydrogen) atoms. The van der Waals surface area contributed by atoms with Gasteiger partial charge in [0.05, 0.1) is 0 Å². The van der Waals surface area contributed by atoms with Crippen LogP contribution in [0.2, 0.25) is 0 Å². The Hall–Kier alpha value is -1.02. The number of anilines is 1. The number of benzene rings is 1. The van der Waals surface area contributed by atoms with Gasteiger partial charge in [0.2, 0.25) is 0 Å². The van der Waals surface area contributed by atoms with E-state index in [2.05, 4.69) is 43.4 Å². The van der Waals surface area contributed by atoms with E-state index < -0.39 is 0 Å². The maximum atomic E-state index is 5.06. The van der Waals surface area contributed by atoms with E-state index in [9.17, 15) is 0 Å². The zero-order valence-electron chi connectivity index (χ0n) is 10.6. The van der Waals surface area contributed by atoms with Crippen LogP contribution in [0.3, 0.4) is 0 Å². The molecule has 0 spiro atoms. The Kier molecular flexibility index (Phi) is 5.94. The van der Waals surface area contributed by atoms with Gasteiger partial charge in [-0.15, -0.1) is 0 Å². The first-order chi connectivity index (χ1) is 7.76. The third kappa shape index (κ3) is 4.67. The van der Waals surface area contributed by atoms with Gasteiger partial charge in [-0.05, 0) is 37.5 Å². The predicted octanol–water partition coefficient (Wildman–Crippen LogP) is 3.48. The van der Waals surface area contributed by atoms with E-state index in [1.807, 2.05) is 0 Å². The van der Waals surface area contributed by atoms with Gasteiger partial charge < -0.3 is 10.1 Å². The Morgan fingerprint density at radius 1 is 1.25 bits per heavy atom. The zero-order valence-corrected chi connectivity index (χ0v) is 10.6. The third-order valence-electron chi connectivity index (χ3n) is 2.66. The van der Waals surface area contributed by atoms with Gasteiger partial charge in [0.25, 0.3) is 0 Å². The van der Waals surface area contributed by atoms with Crippen LogP contribution in [-0.2, 0) is 11.2 Å². The summed E-state index contributed by atoms with van der Waals surface area (Å²) in [4.78, 5) is 0. The minimum Gasteiger partial charge on any atom is -0.385 e. The van der Waals surface area contributed by atoms with Crippen LogP contribution in [0.15, 0.2) is 24.3 Å². The molecule has 0 aliphatic rings. The Labute approximate surface area is 99.0 Å². The number of aryl methyl sites for hydroxylation is 1. The van der Waals surface area contributed by atoms with Gasteiger partial charge in [-0.2, -0.15) is 0 Å². The van der Waals surface area contributed by atoms with Crippen molar-refractivity contribution in [1.82, 2.24) is 0 Å². The summed E-state index contributed by atoms with van der Waals surface area (Å²) in [6.45, 7) is 5.19. The van der Waals surface area contributed by atoms with E-state index in [0.717, 1.165) is 13.0 Å². The van der Waals surface area contributed by atoms with E-state index in [1.165, 1.54) is 24.1 Å². The zero-order chi connectivity index (χ0) is 11.8. The minimum atomic E-state index is 0.456. The van der Waals surface area contributed by atoms with Crippen LogP contribution in [-0.4, -0.2) is 19.8 Å². The van der Waals surface area contributed by atoms with Crippen LogP contribution in [0.25, 0.3) is 0 Å². The number of ether oxygens (including phenoxy) is 1. The van der Waals surface area contributed by atoms with Crippen molar-refractivity contribution in [2.24, 2.45) is 0 Å². The molecule has 0 saturated carbocycles. The lowest BCUT2D eigenvalue weighted by atomic mass is 10.1. The average molecular weight is 221 g/mol. The standard InChI is InChI=1S/C14H23NO/c1-4-5-13-6-8-14(9-7-13)15-12(2)10-11-16-3/h6-9,12,15H,4-5,10-11H2,1-3H3. The van der Waals surface area contributed by atoms with E-state index in [0.29, 0.717) is 6.04 Å². The highest BCUT2D eigenvalue weighted by molar-refractivity contribution is 5.45. The van der Waals surface area contributed by atoms with Crippen LogP contribution in [0.5, 0.6) is 0 Å². The van der Waals surface area contributed by atoms with Crippen molar-refractivity contribution in [2.45, 2.75) is 39.2 Å². The molecular weight excluding hydrogens is 198 g/mol. The molecule has 0 saturated heterocycles. The second-order valence-electron chi connectivity index (χ2n) is 4.27. The summed E-state index contributed by atoms with van der Waals surface area (Å²) in [6.07, 6.45) is 3.41. The van der Waals surface area contributed by atoms with Crippen molar-refractivity contribution in [3.63, 3.8) is 0 Å². The van der Waals surface area contributed by atoms with Gasteiger partial charge in [-0.25, -0.2) is 0 Å². The van der Waals surface area contributed by atoms with Crippen LogP contribution in [0.4, 0.5) is 5.69 Å². The van der Waals surface area contributed by atoms with Crippen molar-refractivity contribution >= 4 is 5.69 Å². The largest absolute Gasteiger partial charge is 0.385 e. The molecule has 0 aromatic heterocycles. The van der Waals surface area contributed by atoms with E-state index in [4.69, 9.17) is 4.74 Å². The molecule has 90 valence electrons. The molecule has 0 amide bonds. The van der Waals surface area contributed by atoms with Crippen LogP contribution in [0, 0.1) is 0 Å². The van der Waals surface area contributed by atoms with Gasteiger partial charge in [-0.1, -0.05) is 25.5 Å². The summed E-state index contributed by atoms with van der Waals surface area (Å²) in [5.41, 5.74) is 2.61. The lowest BCUT2D eigenvalue weighted by Gasteiger charge is -2.15. The van der Waals surface area contributed by atoms with Crippen molar-refractivity contribution in [1.29, 1.82) is 0 Å². The summed E-state index contributed by atoms with van der Waals surface area (Å²) in [5.74, 6) is 0. The lowest BCUT2D eigenvalue weighted by Crippen LogP contribution is -2.17. The van der Waals surface area contributed by atoms with Crippen molar-refractivity contribution in [3.05, 3.63) is 29.8 Å². The average Bonchev–Trinajstić information content (AvgIpc) is 2.29. The first-order valence-corrected chi connectivity index (χ1v) is 6.10. The van der Waals surface area contributed by atoms with E-state index in [1.54, 1.807) is 7.11 Å². The molecule has 1 N–H and O–H groups in total. The molecule has 0 aliphatic heterocycles. The molecule has 1 atom stereocenters. The van der Waals surface area contributed by atoms with Crippen molar-refractivity contribution in [3.8, 4) is 0 Å². The fourth-order valence-corrected chi connectivity index (χ4v) is 1.71. The second kappa shape index (κ2) is 7.29. The number of methoxy groups -OCH3 is 1. The number of hydrogen-bond acceptors (Lipinski definition) is 2. The quantitative estimate of drug-likeness (QED) is 0.761. The van der Waals surface area contributed by atoms with E-state index >= 15 is 0 Å². The summed E-state index contributed by atoms with van der Waals surface area (Å²) >= 11 is 0. The number of rotatable bonds is 7. The molecule has 0 bridgehead atoms. The molecule has 1 unspecified atom stereocenters. The number of hydrogen-bond donors (Lipinski definition) is 1. The lowest BCUT2D eigenvalue weighted by molar-refractivity contribution is 0.191. The third-order valence-corrected chi connectivity index (χ3v) is 2.66. The molecule has 1 aromatic carbocycles. The molecule has 2 heteroatoms. The Morgan fingerprint density at radius 2 is 1.94 bits per heavy atom.